The van der Waals surface area contributed by atoms with Crippen molar-refractivity contribution >= 4 is 11.9 Å². The van der Waals surface area contributed by atoms with E-state index in [0.717, 1.165) is 30.7 Å². The Morgan fingerprint density at radius 3 is 2.71 bits per heavy atom. The quantitative estimate of drug-likeness (QED) is 0.729. The van der Waals surface area contributed by atoms with Gasteiger partial charge in [-0.05, 0) is 31.4 Å². The first-order valence-electron chi connectivity index (χ1n) is 9.56. The third-order valence-corrected chi connectivity index (χ3v) is 5.32. The Labute approximate surface area is 164 Å². The number of hydrogen-bond acceptors (Lipinski definition) is 5. The second kappa shape index (κ2) is 7.80. The molecule has 3 aromatic rings. The van der Waals surface area contributed by atoms with E-state index in [1.165, 1.54) is 11.8 Å². The molecule has 1 saturated heterocycles. The third kappa shape index (κ3) is 3.88. The summed E-state index contributed by atoms with van der Waals surface area (Å²) in [6.45, 7) is 3.19. The molecule has 1 amide bonds. The predicted molar refractivity (Wildman–Crippen MR) is 107 cm³/mol. The van der Waals surface area contributed by atoms with Gasteiger partial charge in [0.05, 0.1) is 17.0 Å². The van der Waals surface area contributed by atoms with Crippen LogP contribution in [0.3, 0.4) is 0 Å². The number of carbonyl (C=O) groups excluding carboxylic acids is 1. The molecular formula is C21H24N6O. The molecule has 2 aromatic heterocycles. The molecule has 0 radical (unpaired) electrons. The molecule has 3 heterocycles. The number of H-pyrrole nitrogens is 1. The molecule has 144 valence electrons. The number of nitrogens with zero attached hydrogens (tertiary/aromatic N) is 4. The zero-order chi connectivity index (χ0) is 19.5. The van der Waals surface area contributed by atoms with Crippen LogP contribution in [0.1, 0.15) is 51.8 Å². The molecule has 4 rings (SSSR count). The van der Waals surface area contributed by atoms with Crippen LogP contribution in [0.5, 0.6) is 0 Å². The van der Waals surface area contributed by atoms with Crippen molar-refractivity contribution in [3.63, 3.8) is 0 Å². The Kier molecular flexibility index (Phi) is 5.06. The summed E-state index contributed by atoms with van der Waals surface area (Å²) >= 11 is 0. The fourth-order valence-electron chi connectivity index (χ4n) is 3.74. The Bertz CT molecular complexity index is 960. The van der Waals surface area contributed by atoms with E-state index >= 15 is 0 Å². The SMILES string of the molecule is Cc1nc(N)ncc1C(=O)N1CCC(c2cc(Cc3ccccc3)[nH]n2)CC1. The Balaban J connectivity index is 1.37. The predicted octanol–water partition coefficient (Wildman–Crippen LogP) is 2.70. The van der Waals surface area contributed by atoms with Crippen LogP contribution in [0.2, 0.25) is 0 Å². The maximum absolute atomic E-state index is 12.8. The van der Waals surface area contributed by atoms with Gasteiger partial charge in [-0.3, -0.25) is 9.89 Å². The van der Waals surface area contributed by atoms with Crippen molar-refractivity contribution in [1.82, 2.24) is 25.1 Å². The Morgan fingerprint density at radius 1 is 1.25 bits per heavy atom. The van der Waals surface area contributed by atoms with Gasteiger partial charge in [-0.1, -0.05) is 30.3 Å². The Hall–Kier alpha value is -3.22. The molecule has 7 heteroatoms. The zero-order valence-electron chi connectivity index (χ0n) is 15.9. The lowest BCUT2D eigenvalue weighted by Gasteiger charge is -2.31. The number of aromatic nitrogens is 4. The second-order valence-electron chi connectivity index (χ2n) is 7.27. The van der Waals surface area contributed by atoms with Gasteiger partial charge in [0, 0.05) is 37.3 Å². The maximum Gasteiger partial charge on any atom is 0.257 e. The van der Waals surface area contributed by atoms with E-state index < -0.39 is 0 Å². The van der Waals surface area contributed by atoms with Gasteiger partial charge >= 0.3 is 0 Å². The summed E-state index contributed by atoms with van der Waals surface area (Å²) in [5.41, 5.74) is 10.2. The number of aromatic amines is 1. The van der Waals surface area contributed by atoms with E-state index in [1.807, 2.05) is 23.1 Å². The van der Waals surface area contributed by atoms with Gasteiger partial charge < -0.3 is 10.6 Å². The van der Waals surface area contributed by atoms with Crippen molar-refractivity contribution in [2.24, 2.45) is 0 Å². The topological polar surface area (TPSA) is 101 Å². The van der Waals surface area contributed by atoms with E-state index in [0.29, 0.717) is 30.3 Å². The highest BCUT2D eigenvalue weighted by Gasteiger charge is 2.27. The first kappa shape index (κ1) is 18.2. The minimum absolute atomic E-state index is 0.0252. The second-order valence-corrected chi connectivity index (χ2v) is 7.27. The monoisotopic (exact) mass is 376 g/mol. The van der Waals surface area contributed by atoms with E-state index in [-0.39, 0.29) is 11.9 Å². The molecule has 0 saturated carbocycles. The van der Waals surface area contributed by atoms with Crippen LogP contribution in [0, 0.1) is 6.92 Å². The number of rotatable bonds is 4. The molecule has 1 aliphatic heterocycles. The fourth-order valence-corrected chi connectivity index (χ4v) is 3.74. The molecular weight excluding hydrogens is 352 g/mol. The Morgan fingerprint density at radius 2 is 2.00 bits per heavy atom. The first-order chi connectivity index (χ1) is 13.6. The van der Waals surface area contributed by atoms with Crippen LogP contribution in [0.4, 0.5) is 5.95 Å². The van der Waals surface area contributed by atoms with Gasteiger partial charge in [0.25, 0.3) is 5.91 Å². The maximum atomic E-state index is 12.8. The molecule has 0 atom stereocenters. The standard InChI is InChI=1S/C21H24N6O/c1-14-18(13-23-21(22)24-14)20(28)27-9-7-16(8-10-27)19-12-17(25-26-19)11-15-5-3-2-4-6-15/h2-6,12-13,16H,7-11H2,1H3,(H,25,26)(H2,22,23,24). The van der Waals surface area contributed by atoms with Crippen molar-refractivity contribution in [2.75, 3.05) is 18.8 Å². The summed E-state index contributed by atoms with van der Waals surface area (Å²) in [6.07, 6.45) is 4.17. The number of carbonyl (C=O) groups is 1. The smallest absolute Gasteiger partial charge is 0.257 e. The normalized spacial score (nSPS) is 15.0. The number of hydrogen-bond donors (Lipinski definition) is 2. The zero-order valence-corrected chi connectivity index (χ0v) is 15.9. The molecule has 1 aliphatic rings. The molecule has 0 spiro atoms. The third-order valence-electron chi connectivity index (χ3n) is 5.32. The highest BCUT2D eigenvalue weighted by molar-refractivity contribution is 5.95. The number of nitrogen functional groups attached to an aromatic ring is 1. The minimum atomic E-state index is -0.0252. The van der Waals surface area contributed by atoms with Gasteiger partial charge in [-0.25, -0.2) is 9.97 Å². The van der Waals surface area contributed by atoms with Crippen molar-refractivity contribution in [3.05, 3.63) is 70.8 Å². The van der Waals surface area contributed by atoms with Crippen LogP contribution in [-0.4, -0.2) is 44.1 Å². The van der Waals surface area contributed by atoms with Crippen LogP contribution >= 0.6 is 0 Å². The van der Waals surface area contributed by atoms with Crippen molar-refractivity contribution in [2.45, 2.75) is 32.1 Å². The average Bonchev–Trinajstić information content (AvgIpc) is 3.17. The number of benzene rings is 1. The first-order valence-corrected chi connectivity index (χ1v) is 9.56. The van der Waals surface area contributed by atoms with Crippen molar-refractivity contribution < 1.29 is 4.79 Å². The molecule has 0 unspecified atom stereocenters. The molecule has 0 bridgehead atoms. The van der Waals surface area contributed by atoms with Crippen molar-refractivity contribution in [3.8, 4) is 0 Å². The highest BCUT2D eigenvalue weighted by Crippen LogP contribution is 2.28. The molecule has 3 N–H and O–H groups in total. The minimum Gasteiger partial charge on any atom is -0.368 e. The van der Waals surface area contributed by atoms with E-state index in [4.69, 9.17) is 5.73 Å². The van der Waals surface area contributed by atoms with E-state index in [2.05, 4.69) is 38.4 Å². The summed E-state index contributed by atoms with van der Waals surface area (Å²) < 4.78 is 0. The van der Waals surface area contributed by atoms with Gasteiger partial charge in [-0.2, -0.15) is 5.10 Å². The van der Waals surface area contributed by atoms with Gasteiger partial charge in [-0.15, -0.1) is 0 Å². The molecule has 0 aliphatic carbocycles. The number of amides is 1. The number of likely N-dealkylation sites (tertiary alicyclic amines) is 1. The van der Waals surface area contributed by atoms with Gasteiger partial charge in [0.2, 0.25) is 5.95 Å². The van der Waals surface area contributed by atoms with Crippen LogP contribution in [0.15, 0.2) is 42.6 Å². The number of aryl methyl sites for hydroxylation is 1. The fraction of sp³-hybridized carbons (Fsp3) is 0.333. The summed E-state index contributed by atoms with van der Waals surface area (Å²) in [5, 5.41) is 7.69. The number of nitrogens with two attached hydrogens (primary N) is 1. The lowest BCUT2D eigenvalue weighted by Crippen LogP contribution is -2.38. The van der Waals surface area contributed by atoms with Crippen molar-refractivity contribution in [1.29, 1.82) is 0 Å². The van der Waals surface area contributed by atoms with Gasteiger partial charge in [0.15, 0.2) is 0 Å². The summed E-state index contributed by atoms with van der Waals surface area (Å²) in [5.74, 6) is 0.536. The highest BCUT2D eigenvalue weighted by atomic mass is 16.2. The molecule has 28 heavy (non-hydrogen) atoms. The number of nitrogens with one attached hydrogen (secondary N) is 1. The lowest BCUT2D eigenvalue weighted by molar-refractivity contribution is 0.0710. The largest absolute Gasteiger partial charge is 0.368 e. The molecule has 7 nitrogen and oxygen atoms in total. The lowest BCUT2D eigenvalue weighted by atomic mass is 9.93. The summed E-state index contributed by atoms with van der Waals surface area (Å²) in [6, 6.07) is 12.5. The summed E-state index contributed by atoms with van der Waals surface area (Å²) in [7, 11) is 0. The van der Waals surface area contributed by atoms with Crippen LogP contribution in [0.25, 0.3) is 0 Å². The van der Waals surface area contributed by atoms with E-state index in [1.54, 1.807) is 6.92 Å². The number of anilines is 1. The van der Waals surface area contributed by atoms with E-state index in [9.17, 15) is 4.79 Å². The molecule has 1 aromatic carbocycles. The van der Waals surface area contributed by atoms with Crippen LogP contribution < -0.4 is 5.73 Å². The molecule has 1 fully saturated rings. The average molecular weight is 376 g/mol. The number of piperidine rings is 1. The van der Waals surface area contributed by atoms with Gasteiger partial charge in [0.1, 0.15) is 0 Å². The summed E-state index contributed by atoms with van der Waals surface area (Å²) in [4.78, 5) is 22.7. The van der Waals surface area contributed by atoms with Crippen LogP contribution in [-0.2, 0) is 6.42 Å².